The minimum absolute atomic E-state index is 0.0472. The Hall–Kier alpha value is -3.34. The lowest BCUT2D eigenvalue weighted by molar-refractivity contribution is -0.0495. The predicted octanol–water partition coefficient (Wildman–Crippen LogP) is 3.72. The number of sulfone groups is 1. The molecule has 0 bridgehead atoms. The molecule has 1 aliphatic heterocycles. The van der Waals surface area contributed by atoms with Gasteiger partial charge in [-0.2, -0.15) is 5.10 Å². The Kier molecular flexibility index (Phi) is 4.96. The first-order valence-corrected chi connectivity index (χ1v) is 12.4. The molecule has 1 fully saturated rings. The molecule has 11 heteroatoms. The molecule has 4 aromatic rings. The molecule has 0 N–H and O–H groups in total. The van der Waals surface area contributed by atoms with Crippen molar-refractivity contribution >= 4 is 37.6 Å². The van der Waals surface area contributed by atoms with Gasteiger partial charge < -0.3 is 9.32 Å². The van der Waals surface area contributed by atoms with Gasteiger partial charge in [0.1, 0.15) is 29.1 Å². The second-order valence-corrected chi connectivity index (χ2v) is 10.4. The quantitative estimate of drug-likeness (QED) is 0.447. The van der Waals surface area contributed by atoms with E-state index in [9.17, 15) is 22.0 Å². The number of piperidine rings is 1. The molecule has 8 nitrogen and oxygen atoms in total. The van der Waals surface area contributed by atoms with Crippen LogP contribution in [0.1, 0.15) is 23.3 Å². The summed E-state index contributed by atoms with van der Waals surface area (Å²) in [6.07, 6.45) is 3.30. The summed E-state index contributed by atoms with van der Waals surface area (Å²) in [5.41, 5.74) is 2.25. The first-order valence-electron chi connectivity index (χ1n) is 10.3. The van der Waals surface area contributed by atoms with E-state index in [1.165, 1.54) is 21.8 Å². The van der Waals surface area contributed by atoms with E-state index in [-0.39, 0.29) is 18.8 Å². The van der Waals surface area contributed by atoms with Gasteiger partial charge in [0, 0.05) is 54.7 Å². The van der Waals surface area contributed by atoms with E-state index >= 15 is 0 Å². The number of furan rings is 1. The Labute approximate surface area is 187 Å². The summed E-state index contributed by atoms with van der Waals surface area (Å²) in [7, 11) is -3.46. The molecular formula is C22H20F2N4O4S. The second-order valence-electron chi connectivity index (χ2n) is 8.28. The molecule has 5 rings (SSSR count). The number of hydrogen-bond acceptors (Lipinski definition) is 6. The van der Waals surface area contributed by atoms with Gasteiger partial charge in [-0.3, -0.25) is 9.78 Å². The number of alkyl halides is 2. The van der Waals surface area contributed by atoms with Gasteiger partial charge in [0.2, 0.25) is 0 Å². The summed E-state index contributed by atoms with van der Waals surface area (Å²) < 4.78 is 58.0. The maximum absolute atomic E-state index is 13.5. The number of carbonyl (C=O) groups is 1. The van der Waals surface area contributed by atoms with Crippen molar-refractivity contribution in [3.05, 3.63) is 48.5 Å². The van der Waals surface area contributed by atoms with Crippen LogP contribution in [0.25, 0.3) is 33.1 Å². The maximum Gasteiger partial charge on any atom is 0.272 e. The summed E-state index contributed by atoms with van der Waals surface area (Å²) in [5, 5.41) is 5.86. The molecule has 1 aliphatic rings. The Morgan fingerprint density at radius 1 is 1.18 bits per heavy atom. The molecule has 1 saturated heterocycles. The molecule has 172 valence electrons. The number of hydrogen-bond donors (Lipinski definition) is 0. The largest absolute Gasteiger partial charge is 0.464 e. The average Bonchev–Trinajstić information content (AvgIpc) is 3.33. The van der Waals surface area contributed by atoms with Crippen LogP contribution in [0.3, 0.4) is 0 Å². The number of amides is 1. The highest BCUT2D eigenvalue weighted by atomic mass is 32.2. The third-order valence-electron chi connectivity index (χ3n) is 5.73. The first kappa shape index (κ1) is 21.5. The van der Waals surface area contributed by atoms with Crippen LogP contribution in [0.15, 0.2) is 47.2 Å². The molecule has 3 aromatic heterocycles. The number of rotatable bonds is 4. The molecular weight excluding hydrogens is 454 g/mol. The van der Waals surface area contributed by atoms with Crippen molar-refractivity contribution in [1.82, 2.24) is 19.7 Å². The second kappa shape index (κ2) is 7.62. The highest BCUT2D eigenvalue weighted by Crippen LogP contribution is 2.35. The number of pyridine rings is 1. The van der Waals surface area contributed by atoms with Gasteiger partial charge in [0.25, 0.3) is 11.8 Å². The van der Waals surface area contributed by atoms with Crippen LogP contribution in [-0.2, 0) is 15.7 Å². The third kappa shape index (κ3) is 4.08. The van der Waals surface area contributed by atoms with Crippen molar-refractivity contribution in [2.24, 2.45) is 0 Å². The smallest absolute Gasteiger partial charge is 0.272 e. The van der Waals surface area contributed by atoms with E-state index in [1.807, 2.05) is 24.3 Å². The Morgan fingerprint density at radius 2 is 1.91 bits per heavy atom. The molecule has 0 spiro atoms. The number of para-hydroxylation sites is 1. The molecule has 0 saturated carbocycles. The third-order valence-corrected chi connectivity index (χ3v) is 6.44. The molecule has 0 radical (unpaired) electrons. The van der Waals surface area contributed by atoms with E-state index in [0.29, 0.717) is 27.7 Å². The van der Waals surface area contributed by atoms with Crippen molar-refractivity contribution < 1.29 is 26.4 Å². The normalized spacial score (nSPS) is 16.5. The van der Waals surface area contributed by atoms with E-state index in [4.69, 9.17) is 4.42 Å². The summed E-state index contributed by atoms with van der Waals surface area (Å²) in [5.74, 6) is -3.65. The standard InChI is InChI=1S/C22H20F2N4O4S/c1-33(30,31)13-28-18-10-17(21(29)27-8-6-22(23,24)7-9-27)25-11-15(18)20(26-28)16-12-32-19-5-3-2-4-14(16)19/h2-5,10-12H,6-9,13H2,1H3. The lowest BCUT2D eigenvalue weighted by Gasteiger charge is -2.31. The van der Waals surface area contributed by atoms with Crippen molar-refractivity contribution in [2.75, 3.05) is 19.3 Å². The van der Waals surface area contributed by atoms with E-state index in [1.54, 1.807) is 6.26 Å². The molecule has 1 aromatic carbocycles. The van der Waals surface area contributed by atoms with Gasteiger partial charge >= 0.3 is 0 Å². The number of aromatic nitrogens is 3. The lowest BCUT2D eigenvalue weighted by Crippen LogP contribution is -2.43. The number of carbonyl (C=O) groups excluding carboxylic acids is 1. The van der Waals surface area contributed by atoms with Gasteiger partial charge in [-0.05, 0) is 12.1 Å². The maximum atomic E-state index is 13.5. The van der Waals surface area contributed by atoms with Gasteiger partial charge in [-0.15, -0.1) is 0 Å². The van der Waals surface area contributed by atoms with E-state index in [0.717, 1.165) is 11.6 Å². The zero-order valence-corrected chi connectivity index (χ0v) is 18.5. The van der Waals surface area contributed by atoms with Crippen molar-refractivity contribution in [3.8, 4) is 11.3 Å². The molecule has 33 heavy (non-hydrogen) atoms. The lowest BCUT2D eigenvalue weighted by atomic mass is 10.1. The van der Waals surface area contributed by atoms with Crippen LogP contribution in [0.4, 0.5) is 8.78 Å². The highest BCUT2D eigenvalue weighted by Gasteiger charge is 2.36. The van der Waals surface area contributed by atoms with Crippen LogP contribution in [0.2, 0.25) is 0 Å². The zero-order valence-electron chi connectivity index (χ0n) is 17.7. The SMILES string of the molecule is CS(=O)(=O)Cn1nc(-c2coc3ccccc23)c2cnc(C(=O)N3CCC(F)(F)CC3)cc21. The number of nitrogens with zero attached hydrogens (tertiary/aromatic N) is 4. The van der Waals surface area contributed by atoms with Crippen molar-refractivity contribution in [3.63, 3.8) is 0 Å². The number of benzene rings is 1. The minimum atomic E-state index is -3.46. The monoisotopic (exact) mass is 474 g/mol. The number of likely N-dealkylation sites (tertiary alicyclic amines) is 1. The van der Waals surface area contributed by atoms with Crippen LogP contribution in [0, 0.1) is 0 Å². The highest BCUT2D eigenvalue weighted by molar-refractivity contribution is 7.89. The van der Waals surface area contributed by atoms with Gasteiger partial charge in [-0.25, -0.2) is 21.9 Å². The predicted molar refractivity (Wildman–Crippen MR) is 118 cm³/mol. The Morgan fingerprint density at radius 3 is 2.64 bits per heavy atom. The van der Waals surface area contributed by atoms with Crippen molar-refractivity contribution in [2.45, 2.75) is 24.6 Å². The van der Waals surface area contributed by atoms with Crippen molar-refractivity contribution in [1.29, 1.82) is 0 Å². The molecule has 0 unspecified atom stereocenters. The minimum Gasteiger partial charge on any atom is -0.464 e. The fourth-order valence-electron chi connectivity index (χ4n) is 4.07. The van der Waals surface area contributed by atoms with Crippen LogP contribution >= 0.6 is 0 Å². The molecule has 0 atom stereocenters. The van der Waals surface area contributed by atoms with Crippen LogP contribution < -0.4 is 0 Å². The zero-order chi connectivity index (χ0) is 23.4. The topological polar surface area (TPSA) is 98.3 Å². The van der Waals surface area contributed by atoms with E-state index in [2.05, 4.69) is 10.1 Å². The van der Waals surface area contributed by atoms with Crippen LogP contribution in [-0.4, -0.2) is 59.3 Å². The van der Waals surface area contributed by atoms with E-state index < -0.39 is 40.4 Å². The Balaban J connectivity index is 1.60. The molecule has 0 aliphatic carbocycles. The molecule has 4 heterocycles. The summed E-state index contributed by atoms with van der Waals surface area (Å²) in [6.45, 7) is -0.138. The number of fused-ring (bicyclic) bond motifs is 2. The number of halogens is 2. The Bertz CT molecular complexity index is 1480. The molecule has 1 amide bonds. The van der Waals surface area contributed by atoms with Crippen LogP contribution in [0.5, 0.6) is 0 Å². The first-order chi connectivity index (χ1) is 15.6. The summed E-state index contributed by atoms with van der Waals surface area (Å²) >= 11 is 0. The van der Waals surface area contributed by atoms with Gasteiger partial charge in [0.05, 0.1) is 5.52 Å². The summed E-state index contributed by atoms with van der Waals surface area (Å²) in [6, 6.07) is 8.84. The van der Waals surface area contributed by atoms with Gasteiger partial charge in [0.15, 0.2) is 9.84 Å². The fourth-order valence-corrected chi connectivity index (χ4v) is 4.71. The summed E-state index contributed by atoms with van der Waals surface area (Å²) in [4.78, 5) is 18.5. The fraction of sp³-hybridized carbons (Fsp3) is 0.318. The average molecular weight is 474 g/mol. The van der Waals surface area contributed by atoms with Gasteiger partial charge in [-0.1, -0.05) is 18.2 Å².